The van der Waals surface area contributed by atoms with Crippen molar-refractivity contribution in [2.75, 3.05) is 22.6 Å². The van der Waals surface area contributed by atoms with Crippen LogP contribution in [0, 0.1) is 11.3 Å². The molecule has 8 heteroatoms. The van der Waals surface area contributed by atoms with E-state index in [-0.39, 0.29) is 29.2 Å². The molecule has 0 aliphatic carbocycles. The normalized spacial score (nSPS) is 16.1. The average molecular weight is 411 g/mol. The van der Waals surface area contributed by atoms with Crippen LogP contribution < -0.4 is 9.80 Å². The maximum atomic E-state index is 12.5. The predicted molar refractivity (Wildman–Crippen MR) is 110 cm³/mol. The summed E-state index contributed by atoms with van der Waals surface area (Å²) in [5.41, 5.74) is 2.72. The molecule has 2 aromatic carbocycles. The Kier molecular flexibility index (Phi) is 5.44. The number of sulfone groups is 1. The Hall–Kier alpha value is -3.18. The summed E-state index contributed by atoms with van der Waals surface area (Å²) in [7, 11) is -3.29. The van der Waals surface area contributed by atoms with Gasteiger partial charge in [-0.3, -0.25) is 9.59 Å². The highest BCUT2D eigenvalue weighted by Gasteiger charge is 2.33. The van der Waals surface area contributed by atoms with E-state index in [2.05, 4.69) is 0 Å². The van der Waals surface area contributed by atoms with E-state index in [9.17, 15) is 18.0 Å². The summed E-state index contributed by atoms with van der Waals surface area (Å²) in [4.78, 5) is 28.1. The lowest BCUT2D eigenvalue weighted by molar-refractivity contribution is -0.119. The molecule has 1 aliphatic rings. The molecule has 0 saturated carbocycles. The van der Waals surface area contributed by atoms with Crippen molar-refractivity contribution in [3.05, 3.63) is 42.5 Å². The minimum atomic E-state index is -3.29. The standard InChI is InChI=1S/C21H21N3O4S/c1-14-13-23(21(26)10-11-22)20-12-17(6-9-19(20)24(14)15(2)25)16-4-7-18(8-5-16)29(3,27)28/h4-9,12,14H,10,13H2,1-3H3/t14-/m0/s1. The van der Waals surface area contributed by atoms with Gasteiger partial charge in [0.1, 0.15) is 6.42 Å². The quantitative estimate of drug-likeness (QED) is 0.773. The van der Waals surface area contributed by atoms with Gasteiger partial charge in [0.15, 0.2) is 9.84 Å². The van der Waals surface area contributed by atoms with Crippen molar-refractivity contribution < 1.29 is 18.0 Å². The molecular weight excluding hydrogens is 390 g/mol. The summed E-state index contributed by atoms with van der Waals surface area (Å²) in [6.45, 7) is 3.63. The van der Waals surface area contributed by atoms with E-state index in [0.29, 0.717) is 17.9 Å². The number of hydrogen-bond acceptors (Lipinski definition) is 5. The van der Waals surface area contributed by atoms with Crippen LogP contribution in [0.5, 0.6) is 0 Å². The number of fused-ring (bicyclic) bond motifs is 1. The van der Waals surface area contributed by atoms with Gasteiger partial charge in [-0.15, -0.1) is 0 Å². The van der Waals surface area contributed by atoms with Gasteiger partial charge in [-0.2, -0.15) is 5.26 Å². The SMILES string of the molecule is CC(=O)N1c2ccc(-c3ccc(S(C)(=O)=O)cc3)cc2N(C(=O)CC#N)C[C@@H]1C. The number of nitrogens with zero attached hydrogens (tertiary/aromatic N) is 3. The average Bonchev–Trinajstić information content (AvgIpc) is 2.66. The zero-order chi connectivity index (χ0) is 21.3. The maximum Gasteiger partial charge on any atom is 0.241 e. The highest BCUT2D eigenvalue weighted by Crippen LogP contribution is 2.39. The van der Waals surface area contributed by atoms with Gasteiger partial charge >= 0.3 is 0 Å². The van der Waals surface area contributed by atoms with Gasteiger partial charge < -0.3 is 9.80 Å². The Morgan fingerprint density at radius 2 is 1.72 bits per heavy atom. The number of benzene rings is 2. The van der Waals surface area contributed by atoms with Crippen LogP contribution in [0.3, 0.4) is 0 Å². The third-order valence-corrected chi connectivity index (χ3v) is 6.03. The van der Waals surface area contributed by atoms with Crippen molar-refractivity contribution >= 4 is 33.0 Å². The lowest BCUT2D eigenvalue weighted by Crippen LogP contribution is -2.51. The molecule has 0 spiro atoms. The van der Waals surface area contributed by atoms with Crippen LogP contribution in [0.4, 0.5) is 11.4 Å². The third kappa shape index (κ3) is 4.00. The molecule has 2 amide bonds. The van der Waals surface area contributed by atoms with Crippen molar-refractivity contribution in [1.29, 1.82) is 5.26 Å². The highest BCUT2D eigenvalue weighted by atomic mass is 32.2. The van der Waals surface area contributed by atoms with Crippen LogP contribution in [0.1, 0.15) is 20.3 Å². The summed E-state index contributed by atoms with van der Waals surface area (Å²) >= 11 is 0. The van der Waals surface area contributed by atoms with Crippen molar-refractivity contribution in [3.63, 3.8) is 0 Å². The molecule has 0 radical (unpaired) electrons. The van der Waals surface area contributed by atoms with E-state index < -0.39 is 9.84 Å². The molecule has 3 rings (SSSR count). The Labute approximate surface area is 170 Å². The number of carbonyl (C=O) groups excluding carboxylic acids is 2. The summed E-state index contributed by atoms with van der Waals surface area (Å²) in [5.74, 6) is -0.454. The molecule has 1 aliphatic heterocycles. The van der Waals surface area contributed by atoms with Crippen molar-refractivity contribution in [3.8, 4) is 17.2 Å². The van der Waals surface area contributed by atoms with Gasteiger partial charge in [0.2, 0.25) is 11.8 Å². The van der Waals surface area contributed by atoms with Gasteiger partial charge in [0, 0.05) is 19.7 Å². The molecule has 2 aromatic rings. The molecule has 0 N–H and O–H groups in total. The molecule has 0 unspecified atom stereocenters. The Balaban J connectivity index is 2.10. The van der Waals surface area contributed by atoms with Crippen LogP contribution in [0.2, 0.25) is 0 Å². The molecule has 29 heavy (non-hydrogen) atoms. The molecule has 1 heterocycles. The lowest BCUT2D eigenvalue weighted by Gasteiger charge is -2.40. The monoisotopic (exact) mass is 411 g/mol. The van der Waals surface area contributed by atoms with E-state index in [1.807, 2.05) is 19.1 Å². The second kappa shape index (κ2) is 7.68. The van der Waals surface area contributed by atoms with Crippen LogP contribution in [0.25, 0.3) is 11.1 Å². The molecule has 1 atom stereocenters. The summed E-state index contributed by atoms with van der Waals surface area (Å²) in [6, 6.07) is 13.5. The van der Waals surface area contributed by atoms with Crippen molar-refractivity contribution in [1.82, 2.24) is 0 Å². The third-order valence-electron chi connectivity index (χ3n) is 4.90. The summed E-state index contributed by atoms with van der Waals surface area (Å²) in [6.07, 6.45) is 0.899. The smallest absolute Gasteiger partial charge is 0.241 e. The first-order chi connectivity index (χ1) is 13.6. The van der Waals surface area contributed by atoms with E-state index in [4.69, 9.17) is 5.26 Å². The van der Waals surface area contributed by atoms with E-state index >= 15 is 0 Å². The van der Waals surface area contributed by atoms with Crippen LogP contribution in [-0.4, -0.2) is 39.1 Å². The fourth-order valence-corrected chi connectivity index (χ4v) is 4.21. The van der Waals surface area contributed by atoms with E-state index in [1.165, 1.54) is 24.0 Å². The van der Waals surface area contributed by atoms with Crippen LogP contribution in [-0.2, 0) is 19.4 Å². The molecule has 0 bridgehead atoms. The molecule has 0 aromatic heterocycles. The Bertz CT molecular complexity index is 1120. The number of anilines is 2. The second-order valence-electron chi connectivity index (χ2n) is 7.08. The molecule has 150 valence electrons. The van der Waals surface area contributed by atoms with Gasteiger partial charge in [0.25, 0.3) is 0 Å². The summed E-state index contributed by atoms with van der Waals surface area (Å²) < 4.78 is 23.3. The molecule has 0 saturated heterocycles. The molecule has 7 nitrogen and oxygen atoms in total. The number of hydrogen-bond donors (Lipinski definition) is 0. The minimum absolute atomic E-state index is 0.128. The van der Waals surface area contributed by atoms with Gasteiger partial charge in [0.05, 0.1) is 28.4 Å². The highest BCUT2D eigenvalue weighted by molar-refractivity contribution is 7.90. The van der Waals surface area contributed by atoms with Gasteiger partial charge in [-0.25, -0.2) is 8.42 Å². The fourth-order valence-electron chi connectivity index (χ4n) is 3.58. The molecule has 0 fully saturated rings. The maximum absolute atomic E-state index is 12.5. The van der Waals surface area contributed by atoms with Crippen LogP contribution >= 0.6 is 0 Å². The number of carbonyl (C=O) groups is 2. The van der Waals surface area contributed by atoms with Crippen LogP contribution in [0.15, 0.2) is 47.4 Å². The molecular formula is C21H21N3O4S. The summed E-state index contributed by atoms with van der Waals surface area (Å²) in [5, 5.41) is 8.93. The topological polar surface area (TPSA) is 98.6 Å². The number of rotatable bonds is 3. The predicted octanol–water partition coefficient (Wildman–Crippen LogP) is 2.76. The number of amides is 2. The lowest BCUT2D eigenvalue weighted by atomic mass is 10.0. The minimum Gasteiger partial charge on any atom is -0.307 e. The van der Waals surface area contributed by atoms with Crippen molar-refractivity contribution in [2.24, 2.45) is 0 Å². The fraction of sp³-hybridized carbons (Fsp3) is 0.286. The Morgan fingerprint density at radius 3 is 2.28 bits per heavy atom. The van der Waals surface area contributed by atoms with Gasteiger partial charge in [-0.1, -0.05) is 18.2 Å². The zero-order valence-corrected chi connectivity index (χ0v) is 17.2. The second-order valence-corrected chi connectivity index (χ2v) is 9.09. The zero-order valence-electron chi connectivity index (χ0n) is 16.4. The van der Waals surface area contributed by atoms with E-state index in [0.717, 1.165) is 17.4 Å². The van der Waals surface area contributed by atoms with E-state index in [1.54, 1.807) is 29.2 Å². The Morgan fingerprint density at radius 1 is 1.10 bits per heavy atom. The first-order valence-electron chi connectivity index (χ1n) is 9.05. The van der Waals surface area contributed by atoms with Gasteiger partial charge in [-0.05, 0) is 42.3 Å². The van der Waals surface area contributed by atoms with Crippen molar-refractivity contribution in [2.45, 2.75) is 31.2 Å². The first-order valence-corrected chi connectivity index (χ1v) is 10.9. The largest absolute Gasteiger partial charge is 0.307 e. The first kappa shape index (κ1) is 20.6. The number of nitriles is 1.